The van der Waals surface area contributed by atoms with Gasteiger partial charge in [0.1, 0.15) is 0 Å². The van der Waals surface area contributed by atoms with Crippen molar-refractivity contribution in [3.05, 3.63) is 89.0 Å². The van der Waals surface area contributed by atoms with Gasteiger partial charge in [0.15, 0.2) is 0 Å². The highest BCUT2D eigenvalue weighted by molar-refractivity contribution is 6.08. The molecular weight excluding hydrogens is 338 g/mol. The van der Waals surface area contributed by atoms with E-state index in [1.165, 1.54) is 55.5 Å². The number of hydrogen-bond acceptors (Lipinski definition) is 0. The highest BCUT2D eigenvalue weighted by Gasteiger charge is 2.34. The Bertz CT molecular complexity index is 1280. The zero-order valence-corrected chi connectivity index (χ0v) is 16.3. The maximum Gasteiger partial charge on any atom is 0.0547 e. The van der Waals surface area contributed by atoms with Crippen LogP contribution in [0.25, 0.3) is 39.4 Å². The van der Waals surface area contributed by atoms with Crippen LogP contribution in [0, 0.1) is 0 Å². The van der Waals surface area contributed by atoms with Crippen LogP contribution in [0.3, 0.4) is 0 Å². The Labute approximate surface area is 165 Å². The van der Waals surface area contributed by atoms with Crippen LogP contribution in [0.4, 0.5) is 0 Å². The lowest BCUT2D eigenvalue weighted by atomic mass is 9.75. The fraction of sp³-hybridized carbons (Fsp3) is 0.185. The maximum atomic E-state index is 3.89. The molecule has 6 rings (SSSR count). The monoisotopic (exact) mass is 361 g/mol. The van der Waals surface area contributed by atoms with E-state index in [2.05, 4.69) is 91.6 Å². The van der Waals surface area contributed by atoms with Crippen LogP contribution in [0.1, 0.15) is 42.5 Å². The van der Waals surface area contributed by atoms with E-state index in [1.54, 1.807) is 0 Å². The van der Waals surface area contributed by atoms with Crippen molar-refractivity contribution in [2.45, 2.75) is 32.1 Å². The quantitative estimate of drug-likeness (QED) is 0.344. The summed E-state index contributed by atoms with van der Waals surface area (Å²) in [4.78, 5) is 3.89. The summed E-state index contributed by atoms with van der Waals surface area (Å²) in [6, 6.07) is 22.5. The summed E-state index contributed by atoms with van der Waals surface area (Å²) in [5.74, 6) is 0. The summed E-state index contributed by atoms with van der Waals surface area (Å²) in [6.07, 6.45) is 6.79. The molecule has 0 bridgehead atoms. The normalized spacial score (nSPS) is 16.1. The molecule has 0 atom stereocenters. The van der Waals surface area contributed by atoms with Crippen LogP contribution >= 0.6 is 0 Å². The Hall–Kier alpha value is -3.06. The molecule has 1 aromatic heterocycles. The molecular formula is C27H23N. The van der Waals surface area contributed by atoms with E-state index in [0.29, 0.717) is 0 Å². The van der Waals surface area contributed by atoms with Gasteiger partial charge in [-0.3, -0.25) is 0 Å². The molecule has 3 aromatic carbocycles. The Morgan fingerprint density at radius 1 is 0.821 bits per heavy atom. The minimum absolute atomic E-state index is 0.0453. The average molecular weight is 361 g/mol. The van der Waals surface area contributed by atoms with E-state index in [0.717, 1.165) is 12.8 Å². The number of hydrogen-bond donors (Lipinski definition) is 1. The first kappa shape index (κ1) is 15.9. The number of nitrogens with one attached hydrogen (secondary N) is 1. The van der Waals surface area contributed by atoms with E-state index >= 15 is 0 Å². The van der Waals surface area contributed by atoms with E-state index in [4.69, 9.17) is 0 Å². The van der Waals surface area contributed by atoms with Crippen molar-refractivity contribution < 1.29 is 0 Å². The molecule has 0 saturated carbocycles. The van der Waals surface area contributed by atoms with Crippen LogP contribution in [0.5, 0.6) is 0 Å². The number of aromatic nitrogens is 1. The van der Waals surface area contributed by atoms with E-state index < -0.39 is 0 Å². The van der Waals surface area contributed by atoms with Gasteiger partial charge < -0.3 is 4.98 Å². The SMILES string of the molecule is CC1(C)c2ccccc2-c2[nH]c3c4c(ccc3c2-c2ccccc21)C=CCC4. The maximum absolute atomic E-state index is 3.89. The van der Waals surface area contributed by atoms with Crippen molar-refractivity contribution in [2.24, 2.45) is 0 Å². The molecule has 28 heavy (non-hydrogen) atoms. The van der Waals surface area contributed by atoms with Crippen LogP contribution in [0.2, 0.25) is 0 Å². The minimum atomic E-state index is -0.0453. The molecule has 0 radical (unpaired) electrons. The van der Waals surface area contributed by atoms with E-state index in [9.17, 15) is 0 Å². The second-order valence-corrected chi connectivity index (χ2v) is 8.59. The fourth-order valence-corrected chi connectivity index (χ4v) is 5.32. The molecule has 2 aliphatic rings. The lowest BCUT2D eigenvalue weighted by molar-refractivity contribution is 0.646. The van der Waals surface area contributed by atoms with Crippen molar-refractivity contribution in [1.82, 2.24) is 4.98 Å². The van der Waals surface area contributed by atoms with Gasteiger partial charge in [0.2, 0.25) is 0 Å². The summed E-state index contributed by atoms with van der Waals surface area (Å²) in [5, 5.41) is 1.35. The predicted octanol–water partition coefficient (Wildman–Crippen LogP) is 7.10. The zero-order chi connectivity index (χ0) is 18.9. The third kappa shape index (κ3) is 1.97. The largest absolute Gasteiger partial charge is 0.354 e. The van der Waals surface area contributed by atoms with Crippen LogP contribution < -0.4 is 0 Å². The van der Waals surface area contributed by atoms with Gasteiger partial charge in [0.25, 0.3) is 0 Å². The Balaban J connectivity index is 1.82. The third-order valence-corrected chi connectivity index (χ3v) is 6.72. The predicted molar refractivity (Wildman–Crippen MR) is 119 cm³/mol. The smallest absolute Gasteiger partial charge is 0.0547 e. The number of fused-ring (bicyclic) bond motifs is 9. The average Bonchev–Trinajstić information content (AvgIpc) is 3.10. The van der Waals surface area contributed by atoms with Gasteiger partial charge in [-0.05, 0) is 40.7 Å². The number of H-pyrrole nitrogens is 1. The zero-order valence-electron chi connectivity index (χ0n) is 16.3. The highest BCUT2D eigenvalue weighted by Crippen LogP contribution is 2.51. The van der Waals surface area contributed by atoms with Crippen molar-refractivity contribution in [3.8, 4) is 22.4 Å². The highest BCUT2D eigenvalue weighted by atomic mass is 14.7. The minimum Gasteiger partial charge on any atom is -0.354 e. The molecule has 1 heterocycles. The first-order valence-electron chi connectivity index (χ1n) is 10.2. The van der Waals surface area contributed by atoms with Crippen LogP contribution in [-0.4, -0.2) is 4.98 Å². The number of benzene rings is 3. The van der Waals surface area contributed by atoms with Crippen LogP contribution in [0.15, 0.2) is 66.7 Å². The molecule has 0 spiro atoms. The molecule has 1 nitrogen and oxygen atoms in total. The number of aromatic amines is 1. The molecule has 0 saturated heterocycles. The van der Waals surface area contributed by atoms with Gasteiger partial charge in [0.05, 0.1) is 11.2 Å². The van der Waals surface area contributed by atoms with Crippen LogP contribution in [-0.2, 0) is 11.8 Å². The van der Waals surface area contributed by atoms with Gasteiger partial charge in [-0.25, -0.2) is 0 Å². The van der Waals surface area contributed by atoms with Gasteiger partial charge >= 0.3 is 0 Å². The number of aryl methyl sites for hydroxylation is 1. The lowest BCUT2D eigenvalue weighted by Gasteiger charge is -2.28. The molecule has 1 heteroatoms. The molecule has 0 amide bonds. The number of allylic oxidation sites excluding steroid dienone is 1. The summed E-state index contributed by atoms with van der Waals surface area (Å²) in [5.41, 5.74) is 12.2. The molecule has 1 N–H and O–H groups in total. The Morgan fingerprint density at radius 3 is 2.36 bits per heavy atom. The van der Waals surface area contributed by atoms with Gasteiger partial charge in [-0.2, -0.15) is 0 Å². The first-order chi connectivity index (χ1) is 13.7. The molecule has 2 aliphatic carbocycles. The number of rotatable bonds is 0. The summed E-state index contributed by atoms with van der Waals surface area (Å²) >= 11 is 0. The summed E-state index contributed by atoms with van der Waals surface area (Å²) in [7, 11) is 0. The van der Waals surface area contributed by atoms with Crippen molar-refractivity contribution in [2.75, 3.05) is 0 Å². The van der Waals surface area contributed by atoms with Gasteiger partial charge in [-0.15, -0.1) is 0 Å². The van der Waals surface area contributed by atoms with E-state index in [-0.39, 0.29) is 5.41 Å². The van der Waals surface area contributed by atoms with Crippen molar-refractivity contribution >= 4 is 17.0 Å². The molecule has 0 unspecified atom stereocenters. The molecule has 4 aromatic rings. The molecule has 0 fully saturated rings. The van der Waals surface area contributed by atoms with Gasteiger partial charge in [-0.1, -0.05) is 86.7 Å². The first-order valence-corrected chi connectivity index (χ1v) is 10.2. The summed E-state index contributed by atoms with van der Waals surface area (Å²) in [6.45, 7) is 4.71. The Morgan fingerprint density at radius 2 is 1.54 bits per heavy atom. The second kappa shape index (κ2) is 5.48. The molecule has 136 valence electrons. The standard InChI is InChI=1S/C27H23N/c1-27(2)22-13-7-5-11-19(22)24-21-16-15-17-9-3-4-10-18(17)25(21)28-26(24)20-12-6-8-14-23(20)27/h3,5-9,11-16,28H,4,10H2,1-2H3. The third-order valence-electron chi connectivity index (χ3n) is 6.72. The van der Waals surface area contributed by atoms with E-state index in [1.807, 2.05) is 0 Å². The van der Waals surface area contributed by atoms with Gasteiger partial charge in [0, 0.05) is 21.9 Å². The summed E-state index contributed by atoms with van der Waals surface area (Å²) < 4.78 is 0. The van der Waals surface area contributed by atoms with Crippen molar-refractivity contribution in [3.63, 3.8) is 0 Å². The lowest BCUT2D eigenvalue weighted by Crippen LogP contribution is -2.19. The van der Waals surface area contributed by atoms with Crippen molar-refractivity contribution in [1.29, 1.82) is 0 Å². The second-order valence-electron chi connectivity index (χ2n) is 8.59. The molecule has 0 aliphatic heterocycles. The topological polar surface area (TPSA) is 15.8 Å². The Kier molecular flexibility index (Phi) is 3.12. The fourth-order valence-electron chi connectivity index (χ4n) is 5.32.